The van der Waals surface area contributed by atoms with Crippen molar-refractivity contribution in [3.8, 4) is 0 Å². The van der Waals surface area contributed by atoms with E-state index in [1.54, 1.807) is 24.1 Å². The summed E-state index contributed by atoms with van der Waals surface area (Å²) >= 11 is 1.16. The van der Waals surface area contributed by atoms with Gasteiger partial charge in [-0.3, -0.25) is 4.79 Å². The molecule has 0 unspecified atom stereocenters. The molecule has 0 N–H and O–H groups in total. The first-order chi connectivity index (χ1) is 12.1. The van der Waals surface area contributed by atoms with Crippen LogP contribution >= 0.6 is 11.3 Å². The largest absolute Gasteiger partial charge is 0.465 e. The van der Waals surface area contributed by atoms with Crippen LogP contribution in [0, 0.1) is 0 Å². The van der Waals surface area contributed by atoms with Crippen molar-refractivity contribution in [3.05, 3.63) is 69.9 Å². The van der Waals surface area contributed by atoms with Gasteiger partial charge in [0.25, 0.3) is 5.91 Å². The number of esters is 1. The van der Waals surface area contributed by atoms with Gasteiger partial charge in [0.05, 0.1) is 12.0 Å². The van der Waals surface area contributed by atoms with Gasteiger partial charge in [0.15, 0.2) is 0 Å². The summed E-state index contributed by atoms with van der Waals surface area (Å²) in [5.41, 5.74) is 1.22. The van der Waals surface area contributed by atoms with Gasteiger partial charge in [0.1, 0.15) is 4.88 Å². The van der Waals surface area contributed by atoms with Crippen LogP contribution < -0.4 is 0 Å². The van der Waals surface area contributed by atoms with Gasteiger partial charge in [-0.2, -0.15) is 0 Å². The highest BCUT2D eigenvalue weighted by molar-refractivity contribution is 7.15. The van der Waals surface area contributed by atoms with Gasteiger partial charge < -0.3 is 9.64 Å². The summed E-state index contributed by atoms with van der Waals surface area (Å²) in [4.78, 5) is 26.7. The molecular weight excluding hydrogens is 334 g/mol. The highest BCUT2D eigenvalue weighted by Gasteiger charge is 2.17. The smallest absolute Gasteiger partial charge is 0.348 e. The molecule has 3 aromatic rings. The number of methoxy groups -OCH3 is 1. The zero-order valence-electron chi connectivity index (χ0n) is 14.2. The SMILES string of the molecule is COC(=O)c1ccc(C(=O)N(C)CCc2cccc3ccccc23)s1. The number of benzene rings is 2. The Kier molecular flexibility index (Phi) is 5.14. The third-order valence-electron chi connectivity index (χ3n) is 4.15. The average molecular weight is 353 g/mol. The number of likely N-dealkylation sites (N-methyl/N-ethyl adjacent to an activating group) is 1. The predicted octanol–water partition coefficient (Wildman–Crippen LogP) is 4.00. The van der Waals surface area contributed by atoms with E-state index in [0.717, 1.165) is 17.8 Å². The highest BCUT2D eigenvalue weighted by atomic mass is 32.1. The number of ether oxygens (including phenoxy) is 1. The zero-order chi connectivity index (χ0) is 17.8. The van der Waals surface area contributed by atoms with Crippen LogP contribution in [0.1, 0.15) is 24.9 Å². The number of carbonyl (C=O) groups is 2. The first kappa shape index (κ1) is 17.2. The lowest BCUT2D eigenvalue weighted by Crippen LogP contribution is -2.28. The number of nitrogens with zero attached hydrogens (tertiary/aromatic N) is 1. The molecule has 1 amide bonds. The Labute approximate surface area is 150 Å². The molecule has 5 heteroatoms. The van der Waals surface area contributed by atoms with E-state index >= 15 is 0 Å². The van der Waals surface area contributed by atoms with Crippen molar-refractivity contribution in [1.29, 1.82) is 0 Å². The Balaban J connectivity index is 1.69. The first-order valence-corrected chi connectivity index (χ1v) is 8.82. The molecule has 0 aliphatic carbocycles. The fraction of sp³-hybridized carbons (Fsp3) is 0.200. The van der Waals surface area contributed by atoms with Gasteiger partial charge in [0.2, 0.25) is 0 Å². The summed E-state index contributed by atoms with van der Waals surface area (Å²) < 4.78 is 4.68. The molecule has 1 aromatic heterocycles. The van der Waals surface area contributed by atoms with Crippen LogP contribution in [-0.4, -0.2) is 37.5 Å². The fourth-order valence-corrected chi connectivity index (χ4v) is 3.67. The summed E-state index contributed by atoms with van der Waals surface area (Å²) in [5, 5.41) is 2.42. The van der Waals surface area contributed by atoms with Crippen molar-refractivity contribution in [3.63, 3.8) is 0 Å². The van der Waals surface area contributed by atoms with Crippen molar-refractivity contribution in [1.82, 2.24) is 4.90 Å². The van der Waals surface area contributed by atoms with Gasteiger partial charge in [0, 0.05) is 13.6 Å². The van der Waals surface area contributed by atoms with Gasteiger partial charge in [-0.1, -0.05) is 42.5 Å². The zero-order valence-corrected chi connectivity index (χ0v) is 15.0. The van der Waals surface area contributed by atoms with Crippen molar-refractivity contribution in [2.45, 2.75) is 6.42 Å². The minimum Gasteiger partial charge on any atom is -0.465 e. The molecule has 2 aromatic carbocycles. The van der Waals surface area contributed by atoms with Crippen molar-refractivity contribution < 1.29 is 14.3 Å². The molecular formula is C20H19NO3S. The first-order valence-electron chi connectivity index (χ1n) is 8.00. The Morgan fingerprint density at radius 3 is 2.52 bits per heavy atom. The van der Waals surface area contributed by atoms with Crippen molar-refractivity contribution in [2.75, 3.05) is 20.7 Å². The lowest BCUT2D eigenvalue weighted by atomic mass is 10.0. The van der Waals surface area contributed by atoms with E-state index in [9.17, 15) is 9.59 Å². The van der Waals surface area contributed by atoms with Crippen LogP contribution in [0.2, 0.25) is 0 Å². The molecule has 0 saturated carbocycles. The quantitative estimate of drug-likeness (QED) is 0.651. The maximum atomic E-state index is 12.5. The molecule has 0 bridgehead atoms. The number of rotatable bonds is 5. The predicted molar refractivity (Wildman–Crippen MR) is 100 cm³/mol. The Bertz CT molecular complexity index is 911. The molecule has 0 fully saturated rings. The number of thiophene rings is 1. The summed E-state index contributed by atoms with van der Waals surface area (Å²) in [6, 6.07) is 17.8. The monoisotopic (exact) mass is 353 g/mol. The minimum absolute atomic E-state index is 0.0830. The number of hydrogen-bond acceptors (Lipinski definition) is 4. The average Bonchev–Trinajstić information content (AvgIpc) is 3.14. The third-order valence-corrected chi connectivity index (χ3v) is 5.20. The molecule has 0 atom stereocenters. The van der Waals surface area contributed by atoms with E-state index in [1.807, 2.05) is 18.2 Å². The molecule has 0 aliphatic rings. The van der Waals surface area contributed by atoms with Crippen LogP contribution in [0.25, 0.3) is 10.8 Å². The minimum atomic E-state index is -0.414. The Morgan fingerprint density at radius 2 is 1.72 bits per heavy atom. The molecule has 25 heavy (non-hydrogen) atoms. The molecule has 0 saturated heterocycles. The molecule has 3 rings (SSSR count). The van der Waals surface area contributed by atoms with Gasteiger partial charge in [-0.05, 0) is 34.9 Å². The fourth-order valence-electron chi connectivity index (χ4n) is 2.75. The molecule has 0 spiro atoms. The van der Waals surface area contributed by atoms with E-state index in [2.05, 4.69) is 29.0 Å². The summed E-state index contributed by atoms with van der Waals surface area (Å²) in [6.07, 6.45) is 0.777. The topological polar surface area (TPSA) is 46.6 Å². The maximum absolute atomic E-state index is 12.5. The Morgan fingerprint density at radius 1 is 1.00 bits per heavy atom. The number of fused-ring (bicyclic) bond motifs is 1. The summed E-state index contributed by atoms with van der Waals surface area (Å²) in [5.74, 6) is -0.497. The lowest BCUT2D eigenvalue weighted by molar-refractivity contribution is 0.0606. The number of carbonyl (C=O) groups excluding carboxylic acids is 2. The van der Waals surface area contributed by atoms with Gasteiger partial charge in [-0.15, -0.1) is 11.3 Å². The summed E-state index contributed by atoms with van der Waals surface area (Å²) in [7, 11) is 3.12. The highest BCUT2D eigenvalue weighted by Crippen LogP contribution is 2.21. The number of hydrogen-bond donors (Lipinski definition) is 0. The van der Waals surface area contributed by atoms with Crippen molar-refractivity contribution in [2.24, 2.45) is 0 Å². The molecule has 128 valence electrons. The maximum Gasteiger partial charge on any atom is 0.348 e. The Hall–Kier alpha value is -2.66. The van der Waals surface area contributed by atoms with Crippen LogP contribution in [0.4, 0.5) is 0 Å². The molecule has 0 aliphatic heterocycles. The second kappa shape index (κ2) is 7.49. The molecule has 1 heterocycles. The van der Waals surface area contributed by atoms with E-state index in [0.29, 0.717) is 16.3 Å². The standard InChI is InChI=1S/C20H19NO3S/c1-21(19(22)17-10-11-18(25-17)20(23)24-2)13-12-15-8-5-7-14-6-3-4-9-16(14)15/h3-11H,12-13H2,1-2H3. The normalized spacial score (nSPS) is 10.6. The summed E-state index contributed by atoms with van der Waals surface area (Å²) in [6.45, 7) is 0.609. The molecule has 0 radical (unpaired) electrons. The number of amides is 1. The van der Waals surface area contributed by atoms with E-state index < -0.39 is 5.97 Å². The second-order valence-electron chi connectivity index (χ2n) is 5.77. The lowest BCUT2D eigenvalue weighted by Gasteiger charge is -2.17. The van der Waals surface area contributed by atoms with Gasteiger partial charge >= 0.3 is 5.97 Å². The van der Waals surface area contributed by atoms with Gasteiger partial charge in [-0.25, -0.2) is 4.79 Å². The molecule has 4 nitrogen and oxygen atoms in total. The van der Waals surface area contributed by atoms with Crippen LogP contribution in [0.15, 0.2) is 54.6 Å². The second-order valence-corrected chi connectivity index (χ2v) is 6.85. The van der Waals surface area contributed by atoms with E-state index in [-0.39, 0.29) is 5.91 Å². The van der Waals surface area contributed by atoms with Crippen LogP contribution in [0.5, 0.6) is 0 Å². The van der Waals surface area contributed by atoms with Crippen molar-refractivity contribution >= 4 is 34.0 Å². The van der Waals surface area contributed by atoms with E-state index in [4.69, 9.17) is 0 Å². The van der Waals surface area contributed by atoms with Crippen LogP contribution in [0.3, 0.4) is 0 Å². The van der Waals surface area contributed by atoms with E-state index in [1.165, 1.54) is 23.4 Å². The van der Waals surface area contributed by atoms with Crippen LogP contribution in [-0.2, 0) is 11.2 Å². The third kappa shape index (κ3) is 3.72.